The second-order valence-electron chi connectivity index (χ2n) is 6.00. The van der Waals surface area contributed by atoms with Gasteiger partial charge in [-0.1, -0.05) is 12.1 Å². The van der Waals surface area contributed by atoms with E-state index in [1.807, 2.05) is 0 Å². The molecule has 0 unspecified atom stereocenters. The highest BCUT2D eigenvalue weighted by Crippen LogP contribution is 2.34. The van der Waals surface area contributed by atoms with Crippen LogP contribution in [0.3, 0.4) is 0 Å². The quantitative estimate of drug-likeness (QED) is 0.578. The first kappa shape index (κ1) is 21.0. The molecule has 1 aromatic heterocycles. The Morgan fingerprint density at radius 2 is 1.83 bits per heavy atom. The van der Waals surface area contributed by atoms with Crippen molar-refractivity contribution in [3.63, 3.8) is 0 Å². The fourth-order valence-corrected chi connectivity index (χ4v) is 2.75. The van der Waals surface area contributed by atoms with E-state index >= 15 is 0 Å². The van der Waals surface area contributed by atoms with Gasteiger partial charge in [-0.3, -0.25) is 4.68 Å². The zero-order valence-electron chi connectivity index (χ0n) is 15.7. The molecule has 2 aromatic carbocycles. The predicted octanol–water partition coefficient (Wildman–Crippen LogP) is 4.78. The molecule has 0 aliphatic rings. The molecule has 2 amide bonds. The van der Waals surface area contributed by atoms with Gasteiger partial charge >= 0.3 is 12.4 Å². The predicted molar refractivity (Wildman–Crippen MR) is 101 cm³/mol. The number of carbonyl (C=O) groups excluding carboxylic acids is 1. The molecule has 0 saturated heterocycles. The minimum atomic E-state index is -4.91. The highest BCUT2D eigenvalue weighted by molar-refractivity contribution is 6.01. The number of amides is 2. The second-order valence-corrected chi connectivity index (χ2v) is 6.00. The number of nitrogens with zero attached hydrogens (tertiary/aromatic N) is 2. The Hall–Kier alpha value is -3.76. The van der Waals surface area contributed by atoms with Gasteiger partial charge in [0.05, 0.1) is 19.0 Å². The number of aryl methyl sites for hydroxylation is 1. The topological polar surface area (TPSA) is 77.4 Å². The summed E-state index contributed by atoms with van der Waals surface area (Å²) in [5, 5.41) is 8.60. The third-order valence-corrected chi connectivity index (χ3v) is 3.97. The van der Waals surface area contributed by atoms with E-state index in [4.69, 9.17) is 4.74 Å². The number of hydrogen-bond donors (Lipinski definition) is 2. The van der Waals surface area contributed by atoms with E-state index in [0.29, 0.717) is 11.3 Å². The SMILES string of the molecule is COc1ccc(NC(=O)Nc2ccccc2OC(F)(F)F)cc1-c1c(F)cnn1C. The molecule has 0 fully saturated rings. The summed E-state index contributed by atoms with van der Waals surface area (Å²) in [7, 11) is 2.95. The van der Waals surface area contributed by atoms with Gasteiger partial charge < -0.3 is 20.1 Å². The fraction of sp³-hybridized carbons (Fsp3) is 0.158. The highest BCUT2D eigenvalue weighted by atomic mass is 19.4. The summed E-state index contributed by atoms with van der Waals surface area (Å²) in [6.07, 6.45) is -3.87. The molecule has 0 atom stereocenters. The number of aromatic nitrogens is 2. The summed E-state index contributed by atoms with van der Waals surface area (Å²) < 4.78 is 62.1. The largest absolute Gasteiger partial charge is 0.573 e. The Labute approximate surface area is 168 Å². The van der Waals surface area contributed by atoms with Crippen molar-refractivity contribution in [2.75, 3.05) is 17.7 Å². The Kier molecular flexibility index (Phi) is 5.81. The van der Waals surface area contributed by atoms with Crippen LogP contribution in [0.2, 0.25) is 0 Å². The number of benzene rings is 2. The number of hydrogen-bond acceptors (Lipinski definition) is 4. The fourth-order valence-electron chi connectivity index (χ4n) is 2.75. The van der Waals surface area contributed by atoms with E-state index in [9.17, 15) is 22.4 Å². The Morgan fingerprint density at radius 3 is 2.47 bits per heavy atom. The minimum absolute atomic E-state index is 0.139. The van der Waals surface area contributed by atoms with Crippen molar-refractivity contribution in [3.8, 4) is 22.8 Å². The summed E-state index contributed by atoms with van der Waals surface area (Å²) in [6.45, 7) is 0. The van der Waals surface area contributed by atoms with Crippen molar-refractivity contribution in [1.29, 1.82) is 0 Å². The van der Waals surface area contributed by atoms with Gasteiger partial charge in [-0.15, -0.1) is 13.2 Å². The van der Waals surface area contributed by atoms with Crippen LogP contribution < -0.4 is 20.1 Å². The Bertz CT molecular complexity index is 1050. The Morgan fingerprint density at radius 1 is 1.10 bits per heavy atom. The summed E-state index contributed by atoms with van der Waals surface area (Å²) in [5.74, 6) is -0.810. The molecule has 11 heteroatoms. The zero-order valence-corrected chi connectivity index (χ0v) is 15.7. The molecule has 3 aromatic rings. The van der Waals surface area contributed by atoms with E-state index in [1.165, 1.54) is 48.2 Å². The second kappa shape index (κ2) is 8.31. The van der Waals surface area contributed by atoms with E-state index in [-0.39, 0.29) is 17.1 Å². The summed E-state index contributed by atoms with van der Waals surface area (Å²) >= 11 is 0. The van der Waals surface area contributed by atoms with Gasteiger partial charge in [0.25, 0.3) is 0 Å². The van der Waals surface area contributed by atoms with E-state index in [2.05, 4.69) is 20.5 Å². The number of urea groups is 1. The number of alkyl halides is 3. The molecular weight excluding hydrogens is 408 g/mol. The summed E-state index contributed by atoms with van der Waals surface area (Å²) in [5.41, 5.74) is 0.533. The number of halogens is 4. The molecule has 0 aliphatic carbocycles. The molecule has 30 heavy (non-hydrogen) atoms. The number of carbonyl (C=O) groups is 1. The minimum Gasteiger partial charge on any atom is -0.496 e. The molecule has 0 radical (unpaired) electrons. The van der Waals surface area contributed by atoms with Crippen molar-refractivity contribution in [2.45, 2.75) is 6.36 Å². The first-order valence-corrected chi connectivity index (χ1v) is 8.46. The van der Waals surface area contributed by atoms with Crippen LogP contribution in [0, 0.1) is 5.82 Å². The molecule has 7 nitrogen and oxygen atoms in total. The van der Waals surface area contributed by atoms with Gasteiger partial charge in [0.15, 0.2) is 11.6 Å². The molecule has 0 bridgehead atoms. The van der Waals surface area contributed by atoms with Crippen LogP contribution >= 0.6 is 0 Å². The van der Waals surface area contributed by atoms with Crippen LogP contribution in [0.15, 0.2) is 48.7 Å². The van der Waals surface area contributed by atoms with Gasteiger partial charge in [0, 0.05) is 18.3 Å². The van der Waals surface area contributed by atoms with Crippen LogP contribution in [0.5, 0.6) is 11.5 Å². The van der Waals surface area contributed by atoms with Gasteiger partial charge in [-0.25, -0.2) is 9.18 Å². The third-order valence-electron chi connectivity index (χ3n) is 3.97. The number of nitrogens with one attached hydrogen (secondary N) is 2. The number of methoxy groups -OCH3 is 1. The smallest absolute Gasteiger partial charge is 0.496 e. The molecule has 1 heterocycles. The summed E-state index contributed by atoms with van der Waals surface area (Å²) in [6, 6.07) is 8.74. The molecule has 158 valence electrons. The van der Waals surface area contributed by atoms with Crippen LogP contribution in [-0.4, -0.2) is 29.3 Å². The van der Waals surface area contributed by atoms with Gasteiger partial charge in [-0.05, 0) is 30.3 Å². The lowest BCUT2D eigenvalue weighted by Crippen LogP contribution is -2.22. The monoisotopic (exact) mass is 424 g/mol. The molecule has 0 spiro atoms. The number of rotatable bonds is 5. The average molecular weight is 424 g/mol. The lowest BCUT2D eigenvalue weighted by atomic mass is 10.1. The first-order valence-electron chi connectivity index (χ1n) is 8.46. The van der Waals surface area contributed by atoms with Crippen LogP contribution in [0.4, 0.5) is 33.7 Å². The maximum atomic E-state index is 14.1. The number of ether oxygens (including phenoxy) is 2. The van der Waals surface area contributed by atoms with Crippen molar-refractivity contribution >= 4 is 17.4 Å². The molecule has 3 rings (SSSR count). The van der Waals surface area contributed by atoms with Gasteiger partial charge in [-0.2, -0.15) is 5.10 Å². The average Bonchev–Trinajstić information content (AvgIpc) is 3.00. The molecule has 0 aliphatic heterocycles. The zero-order chi connectivity index (χ0) is 21.9. The molecular formula is C19H16F4N4O3. The maximum absolute atomic E-state index is 14.1. The van der Waals surface area contributed by atoms with Crippen LogP contribution in [0.1, 0.15) is 0 Å². The lowest BCUT2D eigenvalue weighted by Gasteiger charge is -2.15. The van der Waals surface area contributed by atoms with Crippen molar-refractivity contribution in [2.24, 2.45) is 7.05 Å². The Balaban J connectivity index is 1.83. The lowest BCUT2D eigenvalue weighted by molar-refractivity contribution is -0.274. The van der Waals surface area contributed by atoms with Gasteiger partial charge in [0.1, 0.15) is 11.4 Å². The van der Waals surface area contributed by atoms with Crippen LogP contribution in [-0.2, 0) is 7.05 Å². The highest BCUT2D eigenvalue weighted by Gasteiger charge is 2.32. The summed E-state index contributed by atoms with van der Waals surface area (Å²) in [4.78, 5) is 12.3. The maximum Gasteiger partial charge on any atom is 0.573 e. The van der Waals surface area contributed by atoms with Crippen molar-refractivity contribution in [1.82, 2.24) is 9.78 Å². The van der Waals surface area contributed by atoms with Gasteiger partial charge in [0.2, 0.25) is 0 Å². The first-order chi connectivity index (χ1) is 14.2. The molecule has 0 saturated carbocycles. The van der Waals surface area contributed by atoms with Crippen molar-refractivity contribution in [3.05, 3.63) is 54.5 Å². The van der Waals surface area contributed by atoms with Crippen molar-refractivity contribution < 1.29 is 31.8 Å². The van der Waals surface area contributed by atoms with E-state index < -0.39 is 24.0 Å². The number of para-hydroxylation sites is 2. The third kappa shape index (κ3) is 4.80. The normalized spacial score (nSPS) is 11.1. The number of anilines is 2. The standard InChI is InChI=1S/C19H16F4N4O3/c1-27-17(13(20)10-24-27)12-9-11(7-8-15(12)29-2)25-18(28)26-14-5-3-4-6-16(14)30-19(21,22)23/h3-10H,1-2H3,(H2,25,26,28). The van der Waals surface area contributed by atoms with Crippen LogP contribution in [0.25, 0.3) is 11.3 Å². The van der Waals surface area contributed by atoms with E-state index in [0.717, 1.165) is 12.3 Å². The van der Waals surface area contributed by atoms with E-state index in [1.54, 1.807) is 7.05 Å². The molecule has 2 N–H and O–H groups in total.